The number of halogens is 1. The molecule has 0 radical (unpaired) electrons. The van der Waals surface area contributed by atoms with E-state index in [1.54, 1.807) is 12.1 Å². The van der Waals surface area contributed by atoms with Gasteiger partial charge < -0.3 is 9.84 Å². The van der Waals surface area contributed by atoms with Gasteiger partial charge in [0.25, 0.3) is 5.91 Å². The van der Waals surface area contributed by atoms with E-state index in [1.165, 1.54) is 18.2 Å². The highest BCUT2D eigenvalue weighted by Crippen LogP contribution is 2.25. The Kier molecular flexibility index (Phi) is 4.19. The molecule has 0 bridgehead atoms. The Morgan fingerprint density at radius 1 is 0.962 bits per heavy atom. The van der Waals surface area contributed by atoms with Gasteiger partial charge in [0.1, 0.15) is 11.5 Å². The molecule has 0 aliphatic heterocycles. The highest BCUT2D eigenvalue weighted by Gasteiger charge is 2.10. The number of rotatable bonds is 4. The van der Waals surface area contributed by atoms with Crippen molar-refractivity contribution < 1.29 is 13.7 Å². The lowest BCUT2D eigenvalue weighted by atomic mass is 10.1. The van der Waals surface area contributed by atoms with E-state index in [1.807, 2.05) is 42.5 Å². The van der Waals surface area contributed by atoms with E-state index >= 15 is 0 Å². The smallest absolute Gasteiger partial charge is 0.251 e. The van der Waals surface area contributed by atoms with Gasteiger partial charge in [-0.05, 0) is 35.0 Å². The fraction of sp³-hybridized carbons (Fsp3) is 0.0476. The molecule has 0 fully saturated rings. The SMILES string of the molecule is O=C(NCc1cc(-c2ccc3ccccc3c2)on1)c1cccc(F)c1. The lowest BCUT2D eigenvalue weighted by Crippen LogP contribution is -2.22. The monoisotopic (exact) mass is 346 g/mol. The molecule has 3 aromatic carbocycles. The number of aromatic nitrogens is 1. The topological polar surface area (TPSA) is 55.1 Å². The summed E-state index contributed by atoms with van der Waals surface area (Å²) < 4.78 is 18.6. The molecule has 4 nitrogen and oxygen atoms in total. The Hall–Kier alpha value is -3.47. The van der Waals surface area contributed by atoms with Crippen molar-refractivity contribution in [2.75, 3.05) is 0 Å². The van der Waals surface area contributed by atoms with Crippen molar-refractivity contribution in [1.82, 2.24) is 10.5 Å². The van der Waals surface area contributed by atoms with Crippen LogP contribution in [-0.4, -0.2) is 11.1 Å². The molecule has 0 spiro atoms. The average molecular weight is 346 g/mol. The molecule has 128 valence electrons. The van der Waals surface area contributed by atoms with E-state index in [0.29, 0.717) is 11.5 Å². The summed E-state index contributed by atoms with van der Waals surface area (Å²) >= 11 is 0. The van der Waals surface area contributed by atoms with Gasteiger partial charge in [0.15, 0.2) is 5.76 Å². The minimum absolute atomic E-state index is 0.201. The van der Waals surface area contributed by atoms with Crippen molar-refractivity contribution in [1.29, 1.82) is 0 Å². The number of nitrogens with one attached hydrogen (secondary N) is 1. The largest absolute Gasteiger partial charge is 0.356 e. The van der Waals surface area contributed by atoms with E-state index in [-0.39, 0.29) is 18.0 Å². The number of hydrogen-bond donors (Lipinski definition) is 1. The highest BCUT2D eigenvalue weighted by atomic mass is 19.1. The molecule has 0 saturated carbocycles. The van der Waals surface area contributed by atoms with Crippen LogP contribution in [0.3, 0.4) is 0 Å². The van der Waals surface area contributed by atoms with E-state index < -0.39 is 5.82 Å². The molecular formula is C21H15FN2O2. The third kappa shape index (κ3) is 3.32. The van der Waals surface area contributed by atoms with Crippen LogP contribution >= 0.6 is 0 Å². The zero-order valence-corrected chi connectivity index (χ0v) is 13.8. The fourth-order valence-corrected chi connectivity index (χ4v) is 2.78. The van der Waals surface area contributed by atoms with Crippen molar-refractivity contribution in [2.24, 2.45) is 0 Å². The summed E-state index contributed by atoms with van der Waals surface area (Å²) in [5, 5.41) is 8.97. The standard InChI is InChI=1S/C21H15FN2O2/c22-18-7-3-6-17(11-18)21(25)23-13-19-12-20(26-24-19)16-9-8-14-4-1-2-5-15(14)10-16/h1-12H,13H2,(H,23,25). The highest BCUT2D eigenvalue weighted by molar-refractivity contribution is 5.94. The van der Waals surface area contributed by atoms with Crippen LogP contribution in [0, 0.1) is 5.82 Å². The molecule has 0 unspecified atom stereocenters. The summed E-state index contributed by atoms with van der Waals surface area (Å²) in [5.41, 5.74) is 1.78. The normalized spacial score (nSPS) is 10.8. The second-order valence-electron chi connectivity index (χ2n) is 5.94. The fourth-order valence-electron chi connectivity index (χ4n) is 2.78. The predicted octanol–water partition coefficient (Wildman–Crippen LogP) is 4.56. The van der Waals surface area contributed by atoms with Gasteiger partial charge in [0.2, 0.25) is 0 Å². The van der Waals surface area contributed by atoms with Crippen LogP contribution in [0.1, 0.15) is 16.1 Å². The molecule has 26 heavy (non-hydrogen) atoms. The number of hydrogen-bond acceptors (Lipinski definition) is 3. The van der Waals surface area contributed by atoms with Gasteiger partial charge in [-0.2, -0.15) is 0 Å². The average Bonchev–Trinajstić information content (AvgIpc) is 3.15. The van der Waals surface area contributed by atoms with Crippen molar-refractivity contribution in [3.63, 3.8) is 0 Å². The van der Waals surface area contributed by atoms with Crippen molar-refractivity contribution in [3.8, 4) is 11.3 Å². The van der Waals surface area contributed by atoms with Gasteiger partial charge in [-0.25, -0.2) is 4.39 Å². The summed E-state index contributed by atoms with van der Waals surface area (Å²) in [6.45, 7) is 0.201. The molecule has 4 rings (SSSR count). The second kappa shape index (κ2) is 6.80. The quantitative estimate of drug-likeness (QED) is 0.589. The first-order valence-corrected chi connectivity index (χ1v) is 8.17. The number of amides is 1. The van der Waals surface area contributed by atoms with Crippen LogP contribution in [0.25, 0.3) is 22.1 Å². The Labute approximate surface area is 149 Å². The third-order valence-electron chi connectivity index (χ3n) is 4.11. The molecule has 1 aromatic heterocycles. The van der Waals surface area contributed by atoms with E-state index in [0.717, 1.165) is 16.3 Å². The van der Waals surface area contributed by atoms with E-state index in [9.17, 15) is 9.18 Å². The van der Waals surface area contributed by atoms with E-state index in [2.05, 4.69) is 10.5 Å². The maximum Gasteiger partial charge on any atom is 0.251 e. The third-order valence-corrected chi connectivity index (χ3v) is 4.11. The van der Waals surface area contributed by atoms with Crippen molar-refractivity contribution in [3.05, 3.63) is 89.9 Å². The first-order chi connectivity index (χ1) is 12.7. The molecule has 1 N–H and O–H groups in total. The summed E-state index contributed by atoms with van der Waals surface area (Å²) in [6.07, 6.45) is 0. The van der Waals surface area contributed by atoms with Gasteiger partial charge in [0.05, 0.1) is 6.54 Å². The Balaban J connectivity index is 1.48. The summed E-state index contributed by atoms with van der Waals surface area (Å²) in [5.74, 6) is -0.178. The number of carbonyl (C=O) groups is 1. The summed E-state index contributed by atoms with van der Waals surface area (Å²) in [6, 6.07) is 21.4. The van der Waals surface area contributed by atoms with Crippen LogP contribution < -0.4 is 5.32 Å². The minimum Gasteiger partial charge on any atom is -0.356 e. The molecule has 1 heterocycles. The molecule has 0 atom stereocenters. The molecular weight excluding hydrogens is 331 g/mol. The van der Waals surface area contributed by atoms with Gasteiger partial charge >= 0.3 is 0 Å². The lowest BCUT2D eigenvalue weighted by molar-refractivity contribution is 0.0949. The number of benzene rings is 3. The first kappa shape index (κ1) is 16.0. The maximum absolute atomic E-state index is 13.2. The Morgan fingerprint density at radius 3 is 2.65 bits per heavy atom. The van der Waals surface area contributed by atoms with Crippen LogP contribution in [0.5, 0.6) is 0 Å². The number of carbonyl (C=O) groups excluding carboxylic acids is 1. The van der Waals surface area contributed by atoms with Crippen LogP contribution in [0.4, 0.5) is 4.39 Å². The van der Waals surface area contributed by atoms with Crippen molar-refractivity contribution >= 4 is 16.7 Å². The molecule has 5 heteroatoms. The van der Waals surface area contributed by atoms with Gasteiger partial charge in [0, 0.05) is 17.2 Å². The lowest BCUT2D eigenvalue weighted by Gasteiger charge is -2.02. The molecule has 4 aromatic rings. The second-order valence-corrected chi connectivity index (χ2v) is 5.94. The van der Waals surface area contributed by atoms with Crippen molar-refractivity contribution in [2.45, 2.75) is 6.54 Å². The summed E-state index contributed by atoms with van der Waals surface area (Å²) in [4.78, 5) is 12.1. The maximum atomic E-state index is 13.2. The summed E-state index contributed by atoms with van der Waals surface area (Å²) in [7, 11) is 0. The zero-order valence-electron chi connectivity index (χ0n) is 13.8. The predicted molar refractivity (Wildman–Crippen MR) is 97.0 cm³/mol. The van der Waals surface area contributed by atoms with Gasteiger partial charge in [-0.1, -0.05) is 47.6 Å². The minimum atomic E-state index is -0.447. The van der Waals surface area contributed by atoms with E-state index in [4.69, 9.17) is 4.52 Å². The number of nitrogens with zero attached hydrogens (tertiary/aromatic N) is 1. The molecule has 0 aliphatic rings. The molecule has 1 amide bonds. The number of fused-ring (bicyclic) bond motifs is 1. The van der Waals surface area contributed by atoms with Crippen LogP contribution in [0.15, 0.2) is 77.3 Å². The molecule has 0 aliphatic carbocycles. The zero-order chi connectivity index (χ0) is 17.9. The Morgan fingerprint density at radius 2 is 1.81 bits per heavy atom. The molecule has 0 saturated heterocycles. The first-order valence-electron chi connectivity index (χ1n) is 8.17. The van der Waals surface area contributed by atoms with Gasteiger partial charge in [-0.15, -0.1) is 0 Å². The van der Waals surface area contributed by atoms with Crippen LogP contribution in [0.2, 0.25) is 0 Å². The Bertz CT molecular complexity index is 1090. The van der Waals surface area contributed by atoms with Gasteiger partial charge in [-0.3, -0.25) is 4.79 Å². The van der Waals surface area contributed by atoms with Crippen LogP contribution in [-0.2, 0) is 6.54 Å².